The molecular weight excluding hydrogens is 296 g/mol. The SMILES string of the molecule is Cc1ccc(-n2nnc(C#N)c2-c2ccccc2Cl)cc1C. The van der Waals surface area contributed by atoms with Gasteiger partial charge in [-0.1, -0.05) is 41.1 Å². The summed E-state index contributed by atoms with van der Waals surface area (Å²) in [6.07, 6.45) is 0. The van der Waals surface area contributed by atoms with Crippen LogP contribution in [-0.2, 0) is 0 Å². The molecule has 0 bridgehead atoms. The molecule has 0 unspecified atom stereocenters. The van der Waals surface area contributed by atoms with Crippen molar-refractivity contribution in [2.45, 2.75) is 13.8 Å². The van der Waals surface area contributed by atoms with Gasteiger partial charge >= 0.3 is 0 Å². The Labute approximate surface area is 133 Å². The Morgan fingerprint density at radius 3 is 2.55 bits per heavy atom. The van der Waals surface area contributed by atoms with Crippen molar-refractivity contribution in [3.05, 3.63) is 64.3 Å². The third-order valence-corrected chi connectivity index (χ3v) is 3.97. The van der Waals surface area contributed by atoms with Crippen molar-refractivity contribution in [1.82, 2.24) is 15.0 Å². The molecule has 0 N–H and O–H groups in total. The summed E-state index contributed by atoms with van der Waals surface area (Å²) in [4.78, 5) is 0. The molecule has 3 aromatic rings. The Morgan fingerprint density at radius 1 is 1.09 bits per heavy atom. The van der Waals surface area contributed by atoms with Crippen molar-refractivity contribution < 1.29 is 0 Å². The Kier molecular flexibility index (Phi) is 3.66. The number of rotatable bonds is 2. The van der Waals surface area contributed by atoms with Gasteiger partial charge in [0.2, 0.25) is 0 Å². The van der Waals surface area contributed by atoms with E-state index in [0.717, 1.165) is 16.8 Å². The van der Waals surface area contributed by atoms with Crippen molar-refractivity contribution in [2.75, 3.05) is 0 Å². The van der Waals surface area contributed by atoms with Gasteiger partial charge in [0.1, 0.15) is 11.8 Å². The normalized spacial score (nSPS) is 10.5. The quantitative estimate of drug-likeness (QED) is 0.717. The molecule has 0 aliphatic rings. The minimum absolute atomic E-state index is 0.256. The predicted molar refractivity (Wildman–Crippen MR) is 86.0 cm³/mol. The van der Waals surface area contributed by atoms with E-state index in [2.05, 4.69) is 23.3 Å². The van der Waals surface area contributed by atoms with Crippen molar-refractivity contribution >= 4 is 11.6 Å². The first-order valence-electron chi connectivity index (χ1n) is 6.80. The molecule has 2 aromatic carbocycles. The largest absolute Gasteiger partial charge is 0.211 e. The Hall–Kier alpha value is -2.64. The summed E-state index contributed by atoms with van der Waals surface area (Å²) in [5.41, 5.74) is 4.80. The molecule has 108 valence electrons. The maximum absolute atomic E-state index is 9.32. The molecule has 0 spiro atoms. The average Bonchev–Trinajstić information content (AvgIpc) is 2.94. The fourth-order valence-corrected chi connectivity index (χ4v) is 2.52. The minimum atomic E-state index is 0.256. The highest BCUT2D eigenvalue weighted by Crippen LogP contribution is 2.31. The number of nitrogens with zero attached hydrogens (tertiary/aromatic N) is 4. The molecule has 0 amide bonds. The summed E-state index contributed by atoms with van der Waals surface area (Å²) in [5, 5.41) is 18.0. The van der Waals surface area contributed by atoms with E-state index in [1.807, 2.05) is 43.3 Å². The monoisotopic (exact) mass is 308 g/mol. The predicted octanol–water partition coefficient (Wildman–Crippen LogP) is 4.08. The van der Waals surface area contributed by atoms with Gasteiger partial charge in [-0.2, -0.15) is 5.26 Å². The van der Waals surface area contributed by atoms with Crippen LogP contribution in [0.1, 0.15) is 16.8 Å². The molecule has 1 aromatic heterocycles. The smallest absolute Gasteiger partial charge is 0.191 e. The van der Waals surface area contributed by atoms with Crippen molar-refractivity contribution in [3.8, 4) is 23.0 Å². The van der Waals surface area contributed by atoms with E-state index in [1.165, 1.54) is 5.56 Å². The zero-order valence-corrected chi connectivity index (χ0v) is 13.0. The van der Waals surface area contributed by atoms with Crippen LogP contribution in [-0.4, -0.2) is 15.0 Å². The van der Waals surface area contributed by atoms with E-state index in [4.69, 9.17) is 11.6 Å². The third-order valence-electron chi connectivity index (χ3n) is 3.64. The molecule has 22 heavy (non-hydrogen) atoms. The summed E-state index contributed by atoms with van der Waals surface area (Å²) in [6.45, 7) is 4.09. The van der Waals surface area contributed by atoms with Gasteiger partial charge in [0.15, 0.2) is 5.69 Å². The van der Waals surface area contributed by atoms with Crippen molar-refractivity contribution in [3.63, 3.8) is 0 Å². The highest BCUT2D eigenvalue weighted by molar-refractivity contribution is 6.33. The topological polar surface area (TPSA) is 54.5 Å². The lowest BCUT2D eigenvalue weighted by atomic mass is 10.1. The molecule has 4 nitrogen and oxygen atoms in total. The molecule has 0 saturated carbocycles. The summed E-state index contributed by atoms with van der Waals surface area (Å²) in [5.74, 6) is 0. The molecule has 5 heteroatoms. The molecule has 3 rings (SSSR count). The number of hydrogen-bond acceptors (Lipinski definition) is 3. The molecule has 1 heterocycles. The summed E-state index contributed by atoms with van der Waals surface area (Å²) < 4.78 is 1.66. The summed E-state index contributed by atoms with van der Waals surface area (Å²) >= 11 is 6.28. The van der Waals surface area contributed by atoms with Crippen LogP contribution in [0, 0.1) is 25.2 Å². The second-order valence-corrected chi connectivity index (χ2v) is 5.47. The first-order valence-corrected chi connectivity index (χ1v) is 7.18. The number of halogens is 1. The number of benzene rings is 2. The van der Waals surface area contributed by atoms with Gasteiger partial charge in [-0.3, -0.25) is 0 Å². The van der Waals surface area contributed by atoms with Crippen LogP contribution in [0.25, 0.3) is 16.9 Å². The second-order valence-electron chi connectivity index (χ2n) is 5.06. The van der Waals surface area contributed by atoms with Crippen LogP contribution < -0.4 is 0 Å². The van der Waals surface area contributed by atoms with Crippen LogP contribution in [0.2, 0.25) is 5.02 Å². The summed E-state index contributed by atoms with van der Waals surface area (Å²) in [6, 6.07) is 15.5. The van der Waals surface area contributed by atoms with Crippen LogP contribution in [0.3, 0.4) is 0 Å². The van der Waals surface area contributed by atoms with Gasteiger partial charge in [0, 0.05) is 5.56 Å². The Balaban J connectivity index is 2.27. The van der Waals surface area contributed by atoms with Gasteiger partial charge in [0.25, 0.3) is 0 Å². The first-order chi connectivity index (χ1) is 10.6. The second kappa shape index (κ2) is 5.63. The van der Waals surface area contributed by atoms with E-state index in [9.17, 15) is 5.26 Å². The zero-order valence-electron chi connectivity index (χ0n) is 12.2. The fourth-order valence-electron chi connectivity index (χ4n) is 2.29. The molecule has 0 saturated heterocycles. The highest BCUT2D eigenvalue weighted by Gasteiger charge is 2.18. The zero-order chi connectivity index (χ0) is 15.7. The maximum Gasteiger partial charge on any atom is 0.191 e. The number of hydrogen-bond donors (Lipinski definition) is 0. The number of nitriles is 1. The van der Waals surface area contributed by atoms with Gasteiger partial charge in [-0.05, 0) is 43.2 Å². The van der Waals surface area contributed by atoms with E-state index in [1.54, 1.807) is 10.7 Å². The Morgan fingerprint density at radius 2 is 1.86 bits per heavy atom. The first kappa shape index (κ1) is 14.3. The lowest BCUT2D eigenvalue weighted by Crippen LogP contribution is -2.01. The molecule has 0 radical (unpaired) electrons. The van der Waals surface area contributed by atoms with E-state index < -0.39 is 0 Å². The Bertz CT molecular complexity index is 890. The average molecular weight is 309 g/mol. The van der Waals surface area contributed by atoms with Crippen LogP contribution >= 0.6 is 11.6 Å². The molecule has 0 atom stereocenters. The number of aryl methyl sites for hydroxylation is 2. The molecular formula is C17H13ClN4. The fraction of sp³-hybridized carbons (Fsp3) is 0.118. The van der Waals surface area contributed by atoms with Crippen molar-refractivity contribution in [1.29, 1.82) is 5.26 Å². The lowest BCUT2D eigenvalue weighted by molar-refractivity contribution is 0.805. The van der Waals surface area contributed by atoms with Crippen LogP contribution in [0.15, 0.2) is 42.5 Å². The molecule has 0 aliphatic carbocycles. The van der Waals surface area contributed by atoms with Gasteiger partial charge in [-0.15, -0.1) is 5.10 Å². The molecule has 0 aliphatic heterocycles. The lowest BCUT2D eigenvalue weighted by Gasteiger charge is -2.10. The van der Waals surface area contributed by atoms with Gasteiger partial charge in [0.05, 0.1) is 10.7 Å². The maximum atomic E-state index is 9.32. The van der Waals surface area contributed by atoms with Crippen LogP contribution in [0.4, 0.5) is 0 Å². The standard InChI is InChI=1S/C17H13ClN4/c1-11-7-8-13(9-12(11)2)22-17(16(10-19)20-21-22)14-5-3-4-6-15(14)18/h3-9H,1-2H3. The van der Waals surface area contributed by atoms with Gasteiger partial charge in [-0.25, -0.2) is 4.68 Å². The van der Waals surface area contributed by atoms with E-state index in [0.29, 0.717) is 10.7 Å². The van der Waals surface area contributed by atoms with E-state index in [-0.39, 0.29) is 5.69 Å². The van der Waals surface area contributed by atoms with Crippen molar-refractivity contribution in [2.24, 2.45) is 0 Å². The number of aromatic nitrogens is 3. The third kappa shape index (κ3) is 2.36. The van der Waals surface area contributed by atoms with E-state index >= 15 is 0 Å². The van der Waals surface area contributed by atoms with Crippen LogP contribution in [0.5, 0.6) is 0 Å². The highest BCUT2D eigenvalue weighted by atomic mass is 35.5. The summed E-state index contributed by atoms with van der Waals surface area (Å²) in [7, 11) is 0. The minimum Gasteiger partial charge on any atom is -0.211 e. The van der Waals surface area contributed by atoms with Gasteiger partial charge < -0.3 is 0 Å². The molecule has 0 fully saturated rings.